The minimum atomic E-state index is -0.612. The molecule has 128 valence electrons. The van der Waals surface area contributed by atoms with E-state index in [9.17, 15) is 9.59 Å². The van der Waals surface area contributed by atoms with Crippen molar-refractivity contribution in [1.82, 2.24) is 10.3 Å². The van der Waals surface area contributed by atoms with E-state index in [1.807, 2.05) is 50.4 Å². The minimum absolute atomic E-state index is 0.0231. The van der Waals surface area contributed by atoms with Crippen LogP contribution in [0.3, 0.4) is 0 Å². The molecule has 0 fully saturated rings. The number of aromatic nitrogens is 1. The Labute approximate surface area is 145 Å². The predicted molar refractivity (Wildman–Crippen MR) is 96.7 cm³/mol. The molecule has 0 aliphatic carbocycles. The molecule has 7 heteroatoms. The first kappa shape index (κ1) is 18.1. The molecular formula is C17H22N4O2S. The van der Waals surface area contributed by atoms with Crippen LogP contribution in [-0.4, -0.2) is 29.4 Å². The molecule has 2 rings (SSSR count). The molecule has 1 heterocycles. The molecule has 0 bridgehead atoms. The summed E-state index contributed by atoms with van der Waals surface area (Å²) in [7, 11) is 0. The average molecular weight is 346 g/mol. The van der Waals surface area contributed by atoms with Crippen molar-refractivity contribution < 1.29 is 9.59 Å². The van der Waals surface area contributed by atoms with E-state index in [-0.39, 0.29) is 24.3 Å². The van der Waals surface area contributed by atoms with E-state index in [1.165, 1.54) is 0 Å². The Morgan fingerprint density at radius 3 is 2.46 bits per heavy atom. The van der Waals surface area contributed by atoms with E-state index in [0.717, 1.165) is 16.3 Å². The van der Waals surface area contributed by atoms with Crippen molar-refractivity contribution in [2.75, 3.05) is 11.9 Å². The highest BCUT2D eigenvalue weighted by molar-refractivity contribution is 7.09. The summed E-state index contributed by atoms with van der Waals surface area (Å²) < 4.78 is 0. The van der Waals surface area contributed by atoms with E-state index in [1.54, 1.807) is 11.3 Å². The highest BCUT2D eigenvalue weighted by Gasteiger charge is 2.17. The highest BCUT2D eigenvalue weighted by Crippen LogP contribution is 2.22. The van der Waals surface area contributed by atoms with Gasteiger partial charge in [0.2, 0.25) is 11.8 Å². The number of anilines is 1. The molecule has 0 saturated carbocycles. The van der Waals surface area contributed by atoms with Crippen LogP contribution >= 0.6 is 11.3 Å². The molecule has 24 heavy (non-hydrogen) atoms. The maximum atomic E-state index is 11.9. The highest BCUT2D eigenvalue weighted by atomic mass is 32.1. The first-order chi connectivity index (χ1) is 11.4. The molecular weight excluding hydrogens is 324 g/mol. The minimum Gasteiger partial charge on any atom is -0.346 e. The van der Waals surface area contributed by atoms with Gasteiger partial charge in [-0.2, -0.15) is 0 Å². The van der Waals surface area contributed by atoms with Gasteiger partial charge < -0.3 is 16.4 Å². The third-order valence-corrected chi connectivity index (χ3v) is 4.30. The Morgan fingerprint density at radius 1 is 1.25 bits per heavy atom. The van der Waals surface area contributed by atoms with Crippen molar-refractivity contribution in [3.63, 3.8) is 0 Å². The molecule has 1 aromatic carbocycles. The van der Waals surface area contributed by atoms with Crippen molar-refractivity contribution in [2.45, 2.75) is 26.8 Å². The SMILES string of the molecule is Cc1nc(-c2ccc(NC(=O)CNC(=O)[C@@H](N)C(C)C)cc2)cs1. The largest absolute Gasteiger partial charge is 0.346 e. The lowest BCUT2D eigenvalue weighted by Crippen LogP contribution is -2.46. The van der Waals surface area contributed by atoms with Crippen LogP contribution in [0.5, 0.6) is 0 Å². The van der Waals surface area contributed by atoms with Crippen molar-refractivity contribution in [2.24, 2.45) is 11.7 Å². The van der Waals surface area contributed by atoms with Gasteiger partial charge in [-0.05, 0) is 25.0 Å². The molecule has 0 unspecified atom stereocenters. The van der Waals surface area contributed by atoms with Gasteiger partial charge in [-0.3, -0.25) is 9.59 Å². The number of nitrogens with two attached hydrogens (primary N) is 1. The molecule has 2 amide bonds. The van der Waals surface area contributed by atoms with Crippen LogP contribution in [0.25, 0.3) is 11.3 Å². The first-order valence-corrected chi connectivity index (χ1v) is 8.60. The molecule has 2 aromatic rings. The second kappa shape index (κ2) is 8.03. The Balaban J connectivity index is 1.87. The number of rotatable bonds is 6. The second-order valence-electron chi connectivity index (χ2n) is 5.86. The molecule has 0 radical (unpaired) electrons. The fourth-order valence-corrected chi connectivity index (χ4v) is 2.64. The second-order valence-corrected chi connectivity index (χ2v) is 6.93. The Bertz CT molecular complexity index is 710. The molecule has 0 aliphatic heterocycles. The molecule has 4 N–H and O–H groups in total. The number of carbonyl (C=O) groups is 2. The van der Waals surface area contributed by atoms with Gasteiger partial charge in [-0.1, -0.05) is 26.0 Å². The van der Waals surface area contributed by atoms with Crippen molar-refractivity contribution >= 4 is 28.8 Å². The average Bonchev–Trinajstić information content (AvgIpc) is 2.99. The zero-order valence-corrected chi connectivity index (χ0v) is 14.8. The van der Waals surface area contributed by atoms with Crippen LogP contribution in [0, 0.1) is 12.8 Å². The van der Waals surface area contributed by atoms with Gasteiger partial charge in [0.25, 0.3) is 0 Å². The topological polar surface area (TPSA) is 97.1 Å². The van der Waals surface area contributed by atoms with Crippen LogP contribution in [0.15, 0.2) is 29.6 Å². The summed E-state index contributed by atoms with van der Waals surface area (Å²) in [5, 5.41) is 8.28. The van der Waals surface area contributed by atoms with Gasteiger partial charge in [0, 0.05) is 16.6 Å². The normalized spacial score (nSPS) is 12.0. The van der Waals surface area contributed by atoms with E-state index in [0.29, 0.717) is 5.69 Å². The van der Waals surface area contributed by atoms with E-state index in [2.05, 4.69) is 15.6 Å². The number of benzene rings is 1. The molecule has 1 aromatic heterocycles. The Hall–Kier alpha value is -2.25. The molecule has 0 aliphatic rings. The molecule has 0 spiro atoms. The number of aryl methyl sites for hydroxylation is 1. The lowest BCUT2D eigenvalue weighted by molar-refractivity contribution is -0.125. The van der Waals surface area contributed by atoms with Gasteiger partial charge in [-0.25, -0.2) is 4.98 Å². The van der Waals surface area contributed by atoms with Gasteiger partial charge >= 0.3 is 0 Å². The third kappa shape index (κ3) is 4.87. The summed E-state index contributed by atoms with van der Waals surface area (Å²) in [5.41, 5.74) is 8.30. The van der Waals surface area contributed by atoms with E-state index < -0.39 is 6.04 Å². The monoisotopic (exact) mass is 346 g/mol. The third-order valence-electron chi connectivity index (χ3n) is 3.53. The van der Waals surface area contributed by atoms with Crippen LogP contribution < -0.4 is 16.4 Å². The van der Waals surface area contributed by atoms with Gasteiger partial charge in [0.15, 0.2) is 0 Å². The number of carbonyl (C=O) groups excluding carboxylic acids is 2. The first-order valence-electron chi connectivity index (χ1n) is 7.72. The predicted octanol–water partition coefficient (Wildman–Crippen LogP) is 2.16. The number of thiazole rings is 1. The van der Waals surface area contributed by atoms with Crippen LogP contribution in [-0.2, 0) is 9.59 Å². The van der Waals surface area contributed by atoms with Gasteiger partial charge in [0.1, 0.15) is 0 Å². The number of amides is 2. The molecule has 1 atom stereocenters. The fraction of sp³-hybridized carbons (Fsp3) is 0.353. The zero-order valence-electron chi connectivity index (χ0n) is 14.0. The maximum absolute atomic E-state index is 11.9. The summed E-state index contributed by atoms with van der Waals surface area (Å²) in [4.78, 5) is 28.0. The molecule has 6 nitrogen and oxygen atoms in total. The summed E-state index contributed by atoms with van der Waals surface area (Å²) in [6.07, 6.45) is 0. The lowest BCUT2D eigenvalue weighted by atomic mass is 10.1. The summed E-state index contributed by atoms with van der Waals surface area (Å²) in [6.45, 7) is 5.57. The Morgan fingerprint density at radius 2 is 1.92 bits per heavy atom. The summed E-state index contributed by atoms with van der Waals surface area (Å²) >= 11 is 1.60. The Kier molecular flexibility index (Phi) is 6.05. The standard InChI is InChI=1S/C17H22N4O2S/c1-10(2)16(18)17(23)19-8-15(22)21-13-6-4-12(5-7-13)14-9-24-11(3)20-14/h4-7,9-10,16H,8,18H2,1-3H3,(H,19,23)(H,21,22)/t16-/m0/s1. The van der Waals surface area contributed by atoms with Crippen molar-refractivity contribution in [1.29, 1.82) is 0 Å². The lowest BCUT2D eigenvalue weighted by Gasteiger charge is -2.15. The van der Waals surface area contributed by atoms with E-state index in [4.69, 9.17) is 5.73 Å². The number of hydrogen-bond acceptors (Lipinski definition) is 5. The van der Waals surface area contributed by atoms with Crippen LogP contribution in [0.4, 0.5) is 5.69 Å². The zero-order chi connectivity index (χ0) is 17.7. The number of nitrogens with zero attached hydrogens (tertiary/aromatic N) is 1. The molecule has 0 saturated heterocycles. The quantitative estimate of drug-likeness (QED) is 0.746. The summed E-state index contributed by atoms with van der Waals surface area (Å²) in [6, 6.07) is 6.81. The van der Waals surface area contributed by atoms with Crippen molar-refractivity contribution in [3.05, 3.63) is 34.7 Å². The smallest absolute Gasteiger partial charge is 0.243 e. The van der Waals surface area contributed by atoms with Gasteiger partial charge in [0.05, 0.1) is 23.3 Å². The van der Waals surface area contributed by atoms with E-state index >= 15 is 0 Å². The summed E-state index contributed by atoms with van der Waals surface area (Å²) in [5.74, 6) is -0.596. The van der Waals surface area contributed by atoms with Crippen molar-refractivity contribution in [3.8, 4) is 11.3 Å². The maximum Gasteiger partial charge on any atom is 0.243 e. The number of nitrogens with one attached hydrogen (secondary N) is 2. The fourth-order valence-electron chi connectivity index (χ4n) is 2.01. The van der Waals surface area contributed by atoms with Crippen LogP contribution in [0.1, 0.15) is 18.9 Å². The van der Waals surface area contributed by atoms with Crippen LogP contribution in [0.2, 0.25) is 0 Å². The van der Waals surface area contributed by atoms with Gasteiger partial charge in [-0.15, -0.1) is 11.3 Å². The number of hydrogen-bond donors (Lipinski definition) is 3.